The molecule has 5 heteroatoms. The van der Waals surface area contributed by atoms with Crippen molar-refractivity contribution in [3.63, 3.8) is 0 Å². The molecule has 2 N–H and O–H groups in total. The third-order valence-electron chi connectivity index (χ3n) is 4.17. The van der Waals surface area contributed by atoms with E-state index in [1.165, 1.54) is 6.07 Å². The SMILES string of the molecule is CC1CCCC(C(N)c2ccc(F)c(C(F)(F)F)c2)C1. The molecule has 2 rings (SSSR count). The Bertz CT molecular complexity index is 469. The van der Waals surface area contributed by atoms with Crippen molar-refractivity contribution in [2.45, 2.75) is 44.8 Å². The lowest BCUT2D eigenvalue weighted by Gasteiger charge is -2.31. The van der Waals surface area contributed by atoms with Gasteiger partial charge in [-0.1, -0.05) is 25.8 Å². The van der Waals surface area contributed by atoms with Gasteiger partial charge in [0.25, 0.3) is 0 Å². The number of hydrogen-bond donors (Lipinski definition) is 1. The molecule has 0 amide bonds. The quantitative estimate of drug-likeness (QED) is 0.787. The lowest BCUT2D eigenvalue weighted by molar-refractivity contribution is -0.140. The molecule has 1 nitrogen and oxygen atoms in total. The lowest BCUT2D eigenvalue weighted by Crippen LogP contribution is -2.26. The second-order valence-electron chi connectivity index (χ2n) is 5.79. The number of alkyl halides is 3. The number of halogens is 4. The number of rotatable bonds is 2. The average Bonchev–Trinajstić information content (AvgIpc) is 2.37. The van der Waals surface area contributed by atoms with Gasteiger partial charge in [-0.15, -0.1) is 0 Å². The maximum atomic E-state index is 13.3. The third-order valence-corrected chi connectivity index (χ3v) is 4.17. The highest BCUT2D eigenvalue weighted by molar-refractivity contribution is 5.29. The zero-order valence-electron chi connectivity index (χ0n) is 11.4. The topological polar surface area (TPSA) is 26.0 Å². The smallest absolute Gasteiger partial charge is 0.324 e. The number of hydrogen-bond acceptors (Lipinski definition) is 1. The van der Waals surface area contributed by atoms with E-state index < -0.39 is 23.6 Å². The summed E-state index contributed by atoms with van der Waals surface area (Å²) in [7, 11) is 0. The van der Waals surface area contributed by atoms with Crippen molar-refractivity contribution >= 4 is 0 Å². The van der Waals surface area contributed by atoms with Gasteiger partial charge in [-0.2, -0.15) is 13.2 Å². The highest BCUT2D eigenvalue weighted by atomic mass is 19.4. The number of nitrogens with two attached hydrogens (primary N) is 1. The van der Waals surface area contributed by atoms with Gasteiger partial charge in [-0.25, -0.2) is 4.39 Å². The highest BCUT2D eigenvalue weighted by Crippen LogP contribution is 2.38. The van der Waals surface area contributed by atoms with Gasteiger partial charge in [0, 0.05) is 6.04 Å². The molecule has 0 aromatic heterocycles. The zero-order valence-corrected chi connectivity index (χ0v) is 11.4. The Balaban J connectivity index is 2.24. The molecule has 3 unspecified atom stereocenters. The summed E-state index contributed by atoms with van der Waals surface area (Å²) in [5.41, 5.74) is 5.25. The van der Waals surface area contributed by atoms with Gasteiger partial charge in [-0.05, 0) is 42.4 Å². The van der Waals surface area contributed by atoms with Crippen LogP contribution in [-0.2, 0) is 6.18 Å². The predicted octanol–water partition coefficient (Wildman–Crippen LogP) is 4.67. The molecule has 0 bridgehead atoms. The van der Waals surface area contributed by atoms with E-state index in [1.807, 2.05) is 0 Å². The molecular weight excluding hydrogens is 270 g/mol. The van der Waals surface area contributed by atoms with Crippen LogP contribution in [0.15, 0.2) is 18.2 Å². The van der Waals surface area contributed by atoms with Crippen LogP contribution in [-0.4, -0.2) is 0 Å². The Labute approximate surface area is 116 Å². The third kappa shape index (κ3) is 3.32. The van der Waals surface area contributed by atoms with Crippen molar-refractivity contribution < 1.29 is 17.6 Å². The summed E-state index contributed by atoms with van der Waals surface area (Å²) in [6, 6.07) is 2.64. The Morgan fingerprint density at radius 3 is 2.55 bits per heavy atom. The van der Waals surface area contributed by atoms with E-state index in [2.05, 4.69) is 6.92 Å². The Morgan fingerprint density at radius 1 is 1.25 bits per heavy atom. The van der Waals surface area contributed by atoms with Crippen LogP contribution in [0.25, 0.3) is 0 Å². The van der Waals surface area contributed by atoms with E-state index in [9.17, 15) is 17.6 Å². The molecule has 3 atom stereocenters. The molecule has 1 aromatic rings. The Kier molecular flexibility index (Phi) is 4.37. The molecule has 0 aliphatic heterocycles. The first-order valence-electron chi connectivity index (χ1n) is 6.91. The van der Waals surface area contributed by atoms with E-state index in [0.29, 0.717) is 11.5 Å². The Hall–Kier alpha value is -1.10. The van der Waals surface area contributed by atoms with Crippen molar-refractivity contribution in [3.8, 4) is 0 Å². The summed E-state index contributed by atoms with van der Waals surface area (Å²) in [5.74, 6) is -0.530. The van der Waals surface area contributed by atoms with Gasteiger partial charge in [-0.3, -0.25) is 0 Å². The fraction of sp³-hybridized carbons (Fsp3) is 0.600. The first-order chi connectivity index (χ1) is 9.29. The van der Waals surface area contributed by atoms with E-state index in [0.717, 1.165) is 37.8 Å². The minimum Gasteiger partial charge on any atom is -0.324 e. The molecule has 1 aromatic carbocycles. The van der Waals surface area contributed by atoms with Crippen LogP contribution in [0.1, 0.15) is 49.8 Å². The Morgan fingerprint density at radius 2 is 1.95 bits per heavy atom. The molecular formula is C15H19F4N. The summed E-state index contributed by atoms with van der Waals surface area (Å²) < 4.78 is 51.4. The summed E-state index contributed by atoms with van der Waals surface area (Å²) >= 11 is 0. The van der Waals surface area contributed by atoms with Crippen LogP contribution >= 0.6 is 0 Å². The largest absolute Gasteiger partial charge is 0.419 e. The monoisotopic (exact) mass is 289 g/mol. The first-order valence-corrected chi connectivity index (χ1v) is 6.91. The van der Waals surface area contributed by atoms with Crippen LogP contribution < -0.4 is 5.73 Å². The van der Waals surface area contributed by atoms with Gasteiger partial charge in [0.15, 0.2) is 0 Å². The van der Waals surface area contributed by atoms with E-state index in [4.69, 9.17) is 5.73 Å². The molecule has 1 saturated carbocycles. The van der Waals surface area contributed by atoms with Crippen molar-refractivity contribution in [3.05, 3.63) is 35.1 Å². The molecule has 0 heterocycles. The van der Waals surface area contributed by atoms with Gasteiger partial charge in [0.05, 0.1) is 5.56 Å². The van der Waals surface area contributed by atoms with Gasteiger partial charge >= 0.3 is 6.18 Å². The average molecular weight is 289 g/mol. The second-order valence-corrected chi connectivity index (χ2v) is 5.79. The van der Waals surface area contributed by atoms with Crippen LogP contribution in [0.4, 0.5) is 17.6 Å². The summed E-state index contributed by atoms with van der Waals surface area (Å²) in [5, 5.41) is 0. The molecule has 112 valence electrons. The standard InChI is InChI=1S/C15H19F4N/c1-9-3-2-4-10(7-9)14(20)11-5-6-13(16)12(8-11)15(17,18)19/h5-6,8-10,14H,2-4,7,20H2,1H3. The first kappa shape index (κ1) is 15.3. The maximum Gasteiger partial charge on any atom is 0.419 e. The molecule has 1 aliphatic rings. The molecule has 1 aliphatic carbocycles. The minimum atomic E-state index is -4.68. The fourth-order valence-electron chi connectivity index (χ4n) is 3.05. The van der Waals surface area contributed by atoms with Gasteiger partial charge in [0.1, 0.15) is 5.82 Å². The molecule has 1 fully saturated rings. The van der Waals surface area contributed by atoms with Gasteiger partial charge in [0.2, 0.25) is 0 Å². The van der Waals surface area contributed by atoms with Crippen molar-refractivity contribution in [1.82, 2.24) is 0 Å². The lowest BCUT2D eigenvalue weighted by atomic mass is 9.77. The molecule has 0 saturated heterocycles. The van der Waals surface area contributed by atoms with E-state index in [1.54, 1.807) is 0 Å². The van der Waals surface area contributed by atoms with Gasteiger partial charge < -0.3 is 5.73 Å². The van der Waals surface area contributed by atoms with E-state index in [-0.39, 0.29) is 5.92 Å². The van der Waals surface area contributed by atoms with E-state index >= 15 is 0 Å². The molecule has 0 spiro atoms. The van der Waals surface area contributed by atoms with Crippen molar-refractivity contribution in [1.29, 1.82) is 0 Å². The van der Waals surface area contributed by atoms with Crippen LogP contribution in [0.2, 0.25) is 0 Å². The van der Waals surface area contributed by atoms with Crippen LogP contribution in [0, 0.1) is 17.7 Å². The molecule has 20 heavy (non-hydrogen) atoms. The fourth-order valence-corrected chi connectivity index (χ4v) is 3.05. The normalized spacial score (nSPS) is 25.5. The van der Waals surface area contributed by atoms with Crippen LogP contribution in [0.3, 0.4) is 0 Å². The summed E-state index contributed by atoms with van der Waals surface area (Å²) in [6.45, 7) is 2.13. The highest BCUT2D eigenvalue weighted by Gasteiger charge is 2.35. The predicted molar refractivity (Wildman–Crippen MR) is 69.5 cm³/mol. The van der Waals surface area contributed by atoms with Crippen molar-refractivity contribution in [2.24, 2.45) is 17.6 Å². The maximum absolute atomic E-state index is 13.3. The molecule has 0 radical (unpaired) electrons. The zero-order chi connectivity index (χ0) is 14.9. The summed E-state index contributed by atoms with van der Waals surface area (Å²) in [6.07, 6.45) is -0.656. The number of benzene rings is 1. The second kappa shape index (κ2) is 5.72. The van der Waals surface area contributed by atoms with Crippen molar-refractivity contribution in [2.75, 3.05) is 0 Å². The minimum absolute atomic E-state index is 0.172. The summed E-state index contributed by atoms with van der Waals surface area (Å²) in [4.78, 5) is 0. The van der Waals surface area contributed by atoms with Crippen LogP contribution in [0.5, 0.6) is 0 Å².